The molecule has 1 amide bonds. The molecule has 0 aliphatic carbocycles. The number of hydrogen-bond acceptors (Lipinski definition) is 7. The number of fused-ring (bicyclic) bond motifs is 1. The fourth-order valence-electron chi connectivity index (χ4n) is 4.33. The van der Waals surface area contributed by atoms with Gasteiger partial charge < -0.3 is 24.6 Å². The van der Waals surface area contributed by atoms with Crippen LogP contribution in [0.2, 0.25) is 0 Å². The van der Waals surface area contributed by atoms with Crippen molar-refractivity contribution in [3.8, 4) is 0 Å². The van der Waals surface area contributed by atoms with Crippen LogP contribution in [0.3, 0.4) is 0 Å². The number of amides is 1. The third-order valence-corrected chi connectivity index (χ3v) is 6.25. The molecule has 0 radical (unpaired) electrons. The van der Waals surface area contributed by atoms with Gasteiger partial charge in [0.2, 0.25) is 0 Å². The molecule has 8 nitrogen and oxygen atoms in total. The van der Waals surface area contributed by atoms with E-state index in [4.69, 9.17) is 9.47 Å². The number of cyclic esters (lactones) is 1. The smallest absolute Gasteiger partial charge is 0.410 e. The number of β-amino-alcohol motifs (C(OH)–C–C–N with tert-alkyl or cyclic N) is 1. The Morgan fingerprint density at radius 3 is 2.75 bits per heavy atom. The average molecular weight is 440 g/mol. The van der Waals surface area contributed by atoms with Crippen molar-refractivity contribution in [2.45, 2.75) is 32.3 Å². The van der Waals surface area contributed by atoms with Gasteiger partial charge in [0.1, 0.15) is 13.2 Å². The Hall–Kier alpha value is -2.94. The Kier molecular flexibility index (Phi) is 6.74. The van der Waals surface area contributed by atoms with Crippen molar-refractivity contribution in [1.29, 1.82) is 0 Å². The Labute approximate surface area is 187 Å². The zero-order valence-electron chi connectivity index (χ0n) is 18.1. The number of nitrogens with zero attached hydrogens (tertiary/aromatic N) is 2. The molecular formula is C24H28N2O6. The SMILES string of the molecule is Cc1c([C@H](O)CN2CCN(C(=O)OCc3ccccc3)C[C@H]2CO)ccc2c1COC2=O. The zero-order chi connectivity index (χ0) is 22.7. The van der Waals surface area contributed by atoms with Gasteiger partial charge in [0.15, 0.2) is 0 Å². The predicted molar refractivity (Wildman–Crippen MR) is 116 cm³/mol. The third-order valence-electron chi connectivity index (χ3n) is 6.25. The molecule has 2 aliphatic heterocycles. The van der Waals surface area contributed by atoms with Crippen LogP contribution in [0.1, 0.15) is 38.7 Å². The Morgan fingerprint density at radius 2 is 2.00 bits per heavy atom. The quantitative estimate of drug-likeness (QED) is 0.663. The van der Waals surface area contributed by atoms with Crippen molar-refractivity contribution in [3.63, 3.8) is 0 Å². The fraction of sp³-hybridized carbons (Fsp3) is 0.417. The summed E-state index contributed by atoms with van der Waals surface area (Å²) in [5.41, 5.74) is 3.87. The number of esters is 1. The van der Waals surface area contributed by atoms with Crippen molar-refractivity contribution in [1.82, 2.24) is 9.80 Å². The van der Waals surface area contributed by atoms with Gasteiger partial charge in [0.25, 0.3) is 0 Å². The fourth-order valence-corrected chi connectivity index (χ4v) is 4.33. The maximum atomic E-state index is 12.5. The minimum atomic E-state index is -0.790. The van der Waals surface area contributed by atoms with E-state index in [1.807, 2.05) is 42.2 Å². The van der Waals surface area contributed by atoms with Gasteiger partial charge in [-0.05, 0) is 29.7 Å². The highest BCUT2D eigenvalue weighted by Crippen LogP contribution is 2.30. The molecule has 2 heterocycles. The second-order valence-electron chi connectivity index (χ2n) is 8.22. The number of aliphatic hydroxyl groups is 2. The molecular weight excluding hydrogens is 412 g/mol. The lowest BCUT2D eigenvalue weighted by molar-refractivity contribution is 0.00528. The van der Waals surface area contributed by atoms with Gasteiger partial charge in [-0.15, -0.1) is 0 Å². The number of ether oxygens (including phenoxy) is 2. The van der Waals surface area contributed by atoms with Gasteiger partial charge in [0, 0.05) is 31.7 Å². The van der Waals surface area contributed by atoms with E-state index in [2.05, 4.69) is 0 Å². The first-order chi connectivity index (χ1) is 15.5. The maximum absolute atomic E-state index is 12.5. The monoisotopic (exact) mass is 440 g/mol. The van der Waals surface area contributed by atoms with E-state index in [1.165, 1.54) is 0 Å². The first-order valence-corrected chi connectivity index (χ1v) is 10.8. The summed E-state index contributed by atoms with van der Waals surface area (Å²) in [5, 5.41) is 20.8. The van der Waals surface area contributed by atoms with Crippen LogP contribution >= 0.6 is 0 Å². The van der Waals surface area contributed by atoms with Crippen LogP contribution < -0.4 is 0 Å². The van der Waals surface area contributed by atoms with Crippen LogP contribution in [0, 0.1) is 6.92 Å². The van der Waals surface area contributed by atoms with Gasteiger partial charge in [-0.2, -0.15) is 0 Å². The third kappa shape index (κ3) is 4.62. The Balaban J connectivity index is 1.35. The second-order valence-corrected chi connectivity index (χ2v) is 8.22. The first kappa shape index (κ1) is 22.3. The topological polar surface area (TPSA) is 99.5 Å². The van der Waals surface area contributed by atoms with E-state index in [9.17, 15) is 19.8 Å². The minimum absolute atomic E-state index is 0.138. The maximum Gasteiger partial charge on any atom is 0.410 e. The van der Waals surface area contributed by atoms with Gasteiger partial charge in [-0.1, -0.05) is 36.4 Å². The van der Waals surface area contributed by atoms with E-state index < -0.39 is 12.2 Å². The van der Waals surface area contributed by atoms with Crippen LogP contribution in [-0.2, 0) is 22.7 Å². The van der Waals surface area contributed by atoms with Crippen LogP contribution in [0.4, 0.5) is 4.79 Å². The largest absolute Gasteiger partial charge is 0.457 e. The molecule has 8 heteroatoms. The van der Waals surface area contributed by atoms with Gasteiger partial charge >= 0.3 is 12.1 Å². The molecule has 0 spiro atoms. The number of rotatable bonds is 6. The number of aliphatic hydroxyl groups excluding tert-OH is 2. The van der Waals surface area contributed by atoms with Crippen molar-refractivity contribution in [2.75, 3.05) is 32.8 Å². The molecule has 2 aliphatic rings. The zero-order valence-corrected chi connectivity index (χ0v) is 18.1. The molecule has 0 bridgehead atoms. The summed E-state index contributed by atoms with van der Waals surface area (Å²) in [6.45, 7) is 3.76. The summed E-state index contributed by atoms with van der Waals surface area (Å²) < 4.78 is 10.5. The molecule has 170 valence electrons. The van der Waals surface area contributed by atoms with Crippen LogP contribution in [-0.4, -0.2) is 70.9 Å². The van der Waals surface area contributed by atoms with E-state index in [1.54, 1.807) is 17.0 Å². The van der Waals surface area contributed by atoms with Gasteiger partial charge in [-0.25, -0.2) is 9.59 Å². The average Bonchev–Trinajstić information content (AvgIpc) is 3.20. The lowest BCUT2D eigenvalue weighted by Crippen LogP contribution is -2.56. The molecule has 0 saturated carbocycles. The molecule has 0 unspecified atom stereocenters. The lowest BCUT2D eigenvalue weighted by atomic mass is 9.95. The normalized spacial score (nSPS) is 19.4. The molecule has 2 atom stereocenters. The van der Waals surface area contributed by atoms with Crippen molar-refractivity contribution in [2.24, 2.45) is 0 Å². The summed E-state index contributed by atoms with van der Waals surface area (Å²) in [7, 11) is 0. The number of carbonyl (C=O) groups is 2. The van der Waals surface area contributed by atoms with Crippen LogP contribution in [0.15, 0.2) is 42.5 Å². The number of benzene rings is 2. The highest BCUT2D eigenvalue weighted by molar-refractivity contribution is 5.93. The summed E-state index contributed by atoms with van der Waals surface area (Å²) in [6, 6.07) is 12.6. The van der Waals surface area contributed by atoms with Crippen molar-refractivity contribution in [3.05, 3.63) is 70.3 Å². The summed E-state index contributed by atoms with van der Waals surface area (Å²) in [4.78, 5) is 27.8. The Bertz CT molecular complexity index is 980. The second kappa shape index (κ2) is 9.68. The van der Waals surface area contributed by atoms with Crippen molar-refractivity contribution < 1.29 is 29.3 Å². The molecule has 1 fully saturated rings. The van der Waals surface area contributed by atoms with Gasteiger partial charge in [0.05, 0.1) is 24.3 Å². The molecule has 32 heavy (non-hydrogen) atoms. The Morgan fingerprint density at radius 1 is 1.22 bits per heavy atom. The highest BCUT2D eigenvalue weighted by Gasteiger charge is 2.32. The highest BCUT2D eigenvalue weighted by atomic mass is 16.6. The van der Waals surface area contributed by atoms with Crippen LogP contribution in [0.25, 0.3) is 0 Å². The lowest BCUT2D eigenvalue weighted by Gasteiger charge is -2.41. The minimum Gasteiger partial charge on any atom is -0.457 e. The van der Waals surface area contributed by atoms with E-state index in [0.717, 1.165) is 22.3 Å². The molecule has 4 rings (SSSR count). The van der Waals surface area contributed by atoms with E-state index >= 15 is 0 Å². The number of carbonyl (C=O) groups excluding carboxylic acids is 2. The molecule has 2 aromatic rings. The summed E-state index contributed by atoms with van der Waals surface area (Å²) >= 11 is 0. The molecule has 2 aromatic carbocycles. The number of piperazine rings is 1. The standard InChI is InChI=1S/C24H28N2O6/c1-16-19(7-8-20-21(16)15-31-23(20)29)22(28)12-25-9-10-26(11-18(25)13-27)24(30)32-14-17-5-3-2-4-6-17/h2-8,18,22,27-28H,9-15H2,1H3/t18-,22+/m0/s1. The van der Waals surface area contributed by atoms with Gasteiger partial charge in [-0.3, -0.25) is 4.90 Å². The van der Waals surface area contributed by atoms with Crippen LogP contribution in [0.5, 0.6) is 0 Å². The van der Waals surface area contributed by atoms with E-state index in [0.29, 0.717) is 31.7 Å². The molecule has 2 N–H and O–H groups in total. The summed E-state index contributed by atoms with van der Waals surface area (Å²) in [5.74, 6) is -0.334. The first-order valence-electron chi connectivity index (χ1n) is 10.8. The number of hydrogen-bond donors (Lipinski definition) is 2. The van der Waals surface area contributed by atoms with Crippen molar-refractivity contribution >= 4 is 12.1 Å². The molecule has 0 aromatic heterocycles. The predicted octanol–water partition coefficient (Wildman–Crippen LogP) is 2.01. The summed E-state index contributed by atoms with van der Waals surface area (Å²) in [6.07, 6.45) is -1.20. The van der Waals surface area contributed by atoms with E-state index in [-0.39, 0.29) is 31.8 Å². The molecule has 1 saturated heterocycles.